The Balaban J connectivity index is 1.96. The zero-order valence-corrected chi connectivity index (χ0v) is 10.6. The van der Waals surface area contributed by atoms with E-state index in [1.54, 1.807) is 13.0 Å². The van der Waals surface area contributed by atoms with Gasteiger partial charge in [-0.2, -0.15) is 0 Å². The summed E-state index contributed by atoms with van der Waals surface area (Å²) in [7, 11) is 0. The second kappa shape index (κ2) is 6.07. The first-order valence-corrected chi connectivity index (χ1v) is 6.24. The van der Waals surface area contributed by atoms with Crippen LogP contribution in [0.2, 0.25) is 0 Å². The SMILES string of the molecule is CC(=O)CCN1CCOC(c2cccc(F)c2)C1. The molecule has 1 aliphatic heterocycles. The van der Waals surface area contributed by atoms with E-state index in [4.69, 9.17) is 4.74 Å². The summed E-state index contributed by atoms with van der Waals surface area (Å²) >= 11 is 0. The zero-order valence-electron chi connectivity index (χ0n) is 10.6. The van der Waals surface area contributed by atoms with Gasteiger partial charge in [0.05, 0.1) is 12.7 Å². The molecule has 1 aromatic carbocycles. The molecule has 0 aliphatic carbocycles. The fraction of sp³-hybridized carbons (Fsp3) is 0.500. The number of hydrogen-bond donors (Lipinski definition) is 0. The Morgan fingerprint density at radius 1 is 1.56 bits per heavy atom. The molecule has 0 aromatic heterocycles. The number of halogens is 1. The smallest absolute Gasteiger partial charge is 0.131 e. The van der Waals surface area contributed by atoms with Gasteiger partial charge in [-0.3, -0.25) is 9.69 Å². The number of Topliss-reactive ketones (excluding diaryl/α,β-unsaturated/α-hetero) is 1. The Kier molecular flexibility index (Phi) is 4.44. The molecule has 4 heteroatoms. The summed E-state index contributed by atoms with van der Waals surface area (Å²) < 4.78 is 18.8. The molecule has 0 N–H and O–H groups in total. The van der Waals surface area contributed by atoms with E-state index < -0.39 is 0 Å². The van der Waals surface area contributed by atoms with E-state index in [9.17, 15) is 9.18 Å². The highest BCUT2D eigenvalue weighted by atomic mass is 19.1. The fourth-order valence-corrected chi connectivity index (χ4v) is 2.13. The fourth-order valence-electron chi connectivity index (χ4n) is 2.13. The highest BCUT2D eigenvalue weighted by Gasteiger charge is 2.22. The summed E-state index contributed by atoms with van der Waals surface area (Å²) in [4.78, 5) is 13.2. The number of rotatable bonds is 4. The lowest BCUT2D eigenvalue weighted by molar-refractivity contribution is -0.117. The van der Waals surface area contributed by atoms with Gasteiger partial charge in [-0.15, -0.1) is 0 Å². The van der Waals surface area contributed by atoms with Crippen LogP contribution >= 0.6 is 0 Å². The second-order valence-electron chi connectivity index (χ2n) is 4.67. The lowest BCUT2D eigenvalue weighted by Gasteiger charge is -2.33. The highest BCUT2D eigenvalue weighted by molar-refractivity contribution is 5.75. The monoisotopic (exact) mass is 251 g/mol. The normalized spacial score (nSPS) is 20.9. The summed E-state index contributed by atoms with van der Waals surface area (Å²) in [6.07, 6.45) is 0.469. The van der Waals surface area contributed by atoms with Crippen LogP contribution in [-0.4, -0.2) is 36.9 Å². The van der Waals surface area contributed by atoms with Gasteiger partial charge in [0.25, 0.3) is 0 Å². The quantitative estimate of drug-likeness (QED) is 0.821. The molecule has 1 heterocycles. The highest BCUT2D eigenvalue weighted by Crippen LogP contribution is 2.22. The average Bonchev–Trinajstić information content (AvgIpc) is 2.37. The van der Waals surface area contributed by atoms with Gasteiger partial charge in [-0.05, 0) is 24.6 Å². The van der Waals surface area contributed by atoms with Gasteiger partial charge in [0.2, 0.25) is 0 Å². The van der Waals surface area contributed by atoms with Crippen molar-refractivity contribution in [2.45, 2.75) is 19.4 Å². The van der Waals surface area contributed by atoms with Crippen molar-refractivity contribution in [3.05, 3.63) is 35.6 Å². The summed E-state index contributed by atoms with van der Waals surface area (Å²) in [5.41, 5.74) is 0.863. The molecule has 0 radical (unpaired) electrons. The van der Waals surface area contributed by atoms with Gasteiger partial charge in [-0.25, -0.2) is 4.39 Å². The lowest BCUT2D eigenvalue weighted by atomic mass is 10.1. The van der Waals surface area contributed by atoms with Crippen molar-refractivity contribution >= 4 is 5.78 Å². The van der Waals surface area contributed by atoms with Crippen LogP contribution in [0.15, 0.2) is 24.3 Å². The van der Waals surface area contributed by atoms with E-state index in [2.05, 4.69) is 4.90 Å². The molecule has 98 valence electrons. The topological polar surface area (TPSA) is 29.5 Å². The van der Waals surface area contributed by atoms with Gasteiger partial charge < -0.3 is 4.74 Å². The van der Waals surface area contributed by atoms with Crippen molar-refractivity contribution in [1.82, 2.24) is 4.90 Å². The van der Waals surface area contributed by atoms with Gasteiger partial charge in [0.15, 0.2) is 0 Å². The molecule has 1 fully saturated rings. The molecule has 0 spiro atoms. The van der Waals surface area contributed by atoms with Crippen LogP contribution in [-0.2, 0) is 9.53 Å². The van der Waals surface area contributed by atoms with Crippen LogP contribution in [0.5, 0.6) is 0 Å². The Morgan fingerprint density at radius 3 is 3.11 bits per heavy atom. The molecule has 1 atom stereocenters. The number of morpholine rings is 1. The summed E-state index contributed by atoms with van der Waals surface area (Å²) in [5.74, 6) is -0.0410. The predicted molar refractivity (Wildman–Crippen MR) is 66.8 cm³/mol. The van der Waals surface area contributed by atoms with Crippen LogP contribution in [0.3, 0.4) is 0 Å². The molecule has 1 saturated heterocycles. The Hall–Kier alpha value is -1.26. The van der Waals surface area contributed by atoms with E-state index >= 15 is 0 Å². The molecule has 0 amide bonds. The molecule has 2 rings (SSSR count). The zero-order chi connectivity index (χ0) is 13.0. The first-order valence-electron chi connectivity index (χ1n) is 6.24. The van der Waals surface area contributed by atoms with E-state index in [0.717, 1.165) is 25.2 Å². The second-order valence-corrected chi connectivity index (χ2v) is 4.67. The minimum atomic E-state index is -0.239. The average molecular weight is 251 g/mol. The Morgan fingerprint density at radius 2 is 2.39 bits per heavy atom. The van der Waals surface area contributed by atoms with Crippen molar-refractivity contribution < 1.29 is 13.9 Å². The third-order valence-electron chi connectivity index (χ3n) is 3.15. The van der Waals surface area contributed by atoms with E-state index in [1.165, 1.54) is 12.1 Å². The molecule has 1 unspecified atom stereocenters. The van der Waals surface area contributed by atoms with Gasteiger partial charge in [0, 0.05) is 26.1 Å². The minimum absolute atomic E-state index is 0.0959. The van der Waals surface area contributed by atoms with Crippen LogP contribution in [0.25, 0.3) is 0 Å². The number of nitrogens with zero attached hydrogens (tertiary/aromatic N) is 1. The number of carbonyl (C=O) groups excluding carboxylic acids is 1. The Labute approximate surface area is 107 Å². The van der Waals surface area contributed by atoms with Crippen LogP contribution in [0.4, 0.5) is 4.39 Å². The number of carbonyl (C=O) groups is 1. The third-order valence-corrected chi connectivity index (χ3v) is 3.15. The van der Waals surface area contributed by atoms with Crippen LogP contribution in [0.1, 0.15) is 25.0 Å². The van der Waals surface area contributed by atoms with Gasteiger partial charge >= 0.3 is 0 Å². The maximum atomic E-state index is 13.2. The molecule has 1 aliphatic rings. The van der Waals surface area contributed by atoms with Crippen molar-refractivity contribution in [2.24, 2.45) is 0 Å². The maximum absolute atomic E-state index is 13.2. The minimum Gasteiger partial charge on any atom is -0.371 e. The van der Waals surface area contributed by atoms with Gasteiger partial charge in [0.1, 0.15) is 11.6 Å². The van der Waals surface area contributed by atoms with Crippen LogP contribution in [0, 0.1) is 5.82 Å². The number of benzene rings is 1. The van der Waals surface area contributed by atoms with Crippen molar-refractivity contribution in [2.75, 3.05) is 26.2 Å². The maximum Gasteiger partial charge on any atom is 0.131 e. The molecule has 18 heavy (non-hydrogen) atoms. The predicted octanol–water partition coefficient (Wildman–Crippen LogP) is 2.18. The first kappa shape index (κ1) is 13.2. The standard InChI is InChI=1S/C14H18FNO2/c1-11(17)5-6-16-7-8-18-14(10-16)12-3-2-4-13(15)9-12/h2-4,9,14H,5-8,10H2,1H3. The summed E-state index contributed by atoms with van der Waals surface area (Å²) in [6.45, 7) is 4.53. The number of ether oxygens (including phenoxy) is 1. The summed E-state index contributed by atoms with van der Waals surface area (Å²) in [6, 6.07) is 6.52. The van der Waals surface area contributed by atoms with Crippen molar-refractivity contribution in [3.8, 4) is 0 Å². The number of hydrogen-bond acceptors (Lipinski definition) is 3. The van der Waals surface area contributed by atoms with Gasteiger partial charge in [-0.1, -0.05) is 12.1 Å². The molecular weight excluding hydrogens is 233 g/mol. The Bertz CT molecular complexity index is 422. The molecule has 1 aromatic rings. The van der Waals surface area contributed by atoms with Crippen molar-refractivity contribution in [3.63, 3.8) is 0 Å². The summed E-state index contributed by atoms with van der Waals surface area (Å²) in [5, 5.41) is 0. The van der Waals surface area contributed by atoms with E-state index in [1.807, 2.05) is 6.07 Å². The first-order chi connectivity index (χ1) is 8.65. The lowest BCUT2D eigenvalue weighted by Crippen LogP contribution is -2.39. The van der Waals surface area contributed by atoms with E-state index in [-0.39, 0.29) is 17.7 Å². The van der Waals surface area contributed by atoms with Crippen molar-refractivity contribution in [1.29, 1.82) is 0 Å². The number of ketones is 1. The molecule has 3 nitrogen and oxygen atoms in total. The molecular formula is C14H18FNO2. The molecule has 0 bridgehead atoms. The third kappa shape index (κ3) is 3.62. The largest absolute Gasteiger partial charge is 0.371 e. The molecule has 0 saturated carbocycles. The van der Waals surface area contributed by atoms with Crippen LogP contribution < -0.4 is 0 Å². The van der Waals surface area contributed by atoms with E-state index in [0.29, 0.717) is 13.0 Å².